The summed E-state index contributed by atoms with van der Waals surface area (Å²) < 4.78 is 73.9. The SMILES string of the molecule is Cc1c(O)c2cc(c1O)C(c1ccc(OP3(=S)OCC(C)(C)CO3)cc1)c1cc(c(O)c(C)c1O)C(c1ccc(OP3(=S)OCC(C)(C)CO3)cc1)c1cc(c(O)c(C)c1O)C(c1ccc(OP3(=S)OCC(C)(C)CO3)cc1)c1cc(c(O)c(C)c1O)C2c1ccc(OP2(=S)OCC(C)(C)CO2)cc1. The molecule has 28 heteroatoms. The molecular formula is C76H84O20P4S4. The largest absolute Gasteiger partial charge is 0.507 e. The molecule has 0 unspecified atom stereocenters. The van der Waals surface area contributed by atoms with Crippen LogP contribution in [-0.4, -0.2) is 93.7 Å². The predicted octanol–water partition coefficient (Wildman–Crippen LogP) is 18.3. The summed E-state index contributed by atoms with van der Waals surface area (Å²) in [6.45, 7) is 11.2. The third-order valence-corrected chi connectivity index (χ3v) is 28.1. The van der Waals surface area contributed by atoms with E-state index in [0.29, 0.717) is 75.1 Å². The van der Waals surface area contributed by atoms with Crippen molar-refractivity contribution in [2.24, 2.45) is 21.7 Å². The van der Waals surface area contributed by atoms with E-state index in [4.69, 9.17) is 102 Å². The molecule has 4 heterocycles. The molecular weight excluding hydrogens is 1480 g/mol. The standard InChI is InChI=1S/C76H84O20P4S4/c1-41-65(77)53-29-54(66(41)78)62(46-15-23-50(24-16-46)94-98(102)87-35-74(7,8)36-88-98)56-31-58(70(82)43(3)68(56)80)64(48-19-27-52(28-20-48)96-100(104)91-39-76(11,12)40-92-100)60-32-59(71(83)44(4)72(60)84)63(47-17-25-51(26-18-47)95-99(103)89-37-75(9,10)38-90-99)57-30-55(67(79)42(2)69(57)81)61(53)45-13-21-49(22-14-45)93-97(101)85-33-73(5,6)34-86-97/h13-32,61-64,77-84H,33-40H2,1-12H3. The molecule has 552 valence electrons. The van der Waals surface area contributed by atoms with Crippen LogP contribution in [0.1, 0.15) is 168 Å². The van der Waals surface area contributed by atoms with E-state index in [-0.39, 0.29) is 111 Å². The number of rotatable bonds is 12. The van der Waals surface area contributed by atoms with E-state index in [2.05, 4.69) is 0 Å². The zero-order chi connectivity index (χ0) is 74.8. The van der Waals surface area contributed by atoms with Crippen molar-refractivity contribution in [3.05, 3.63) is 210 Å². The van der Waals surface area contributed by atoms with Crippen LogP contribution in [0.3, 0.4) is 0 Å². The maximum atomic E-state index is 13.0. The molecule has 4 fully saturated rings. The lowest BCUT2D eigenvalue weighted by Crippen LogP contribution is -2.30. The Bertz CT molecular complexity index is 4130. The minimum atomic E-state index is -3.30. The van der Waals surface area contributed by atoms with Gasteiger partial charge in [-0.15, -0.1) is 0 Å². The maximum absolute atomic E-state index is 13.0. The van der Waals surface area contributed by atoms with E-state index in [9.17, 15) is 40.9 Å². The number of hydrogen-bond acceptors (Lipinski definition) is 24. The van der Waals surface area contributed by atoms with Crippen LogP contribution in [0.15, 0.2) is 121 Å². The normalized spacial score (nSPS) is 22.5. The zero-order valence-corrected chi connectivity index (χ0v) is 66.3. The van der Waals surface area contributed by atoms with E-state index >= 15 is 0 Å². The van der Waals surface area contributed by atoms with Crippen LogP contribution in [0.4, 0.5) is 0 Å². The Morgan fingerprint density at radius 2 is 0.404 bits per heavy atom. The molecule has 20 nitrogen and oxygen atoms in total. The second-order valence-electron chi connectivity index (χ2n) is 30.5. The first-order valence-electron chi connectivity index (χ1n) is 33.7. The molecule has 0 aromatic heterocycles. The average Bonchev–Trinajstić information content (AvgIpc) is 0.729. The lowest BCUT2D eigenvalue weighted by atomic mass is 9.73. The highest BCUT2D eigenvalue weighted by atomic mass is 32.5. The first kappa shape index (κ1) is 75.9. The van der Waals surface area contributed by atoms with Crippen molar-refractivity contribution in [1.29, 1.82) is 0 Å². The number of phenols is 8. The molecule has 104 heavy (non-hydrogen) atoms. The van der Waals surface area contributed by atoms with E-state index in [1.54, 1.807) is 121 Å². The summed E-state index contributed by atoms with van der Waals surface area (Å²) in [6, 6.07) is 33.5. The Morgan fingerprint density at radius 1 is 0.269 bits per heavy atom. The zero-order valence-electron chi connectivity index (χ0n) is 59.4. The Labute approximate surface area is 625 Å². The molecule has 8 aromatic carbocycles. The van der Waals surface area contributed by atoms with Gasteiger partial charge in [0.05, 0.1) is 52.9 Å². The fourth-order valence-electron chi connectivity index (χ4n) is 13.2. The minimum Gasteiger partial charge on any atom is -0.507 e. The smallest absolute Gasteiger partial charge is 0.380 e. The summed E-state index contributed by atoms with van der Waals surface area (Å²) >= 11 is 23.4. The molecule has 0 radical (unpaired) electrons. The molecule has 0 spiro atoms. The van der Waals surface area contributed by atoms with Crippen LogP contribution in [0, 0.1) is 49.4 Å². The van der Waals surface area contributed by atoms with Crippen LogP contribution >= 0.6 is 26.9 Å². The molecule has 5 aliphatic rings. The van der Waals surface area contributed by atoms with Gasteiger partial charge in [0.1, 0.15) is 69.0 Å². The first-order chi connectivity index (χ1) is 48.8. The number of hydrogen-bond donors (Lipinski definition) is 8. The molecule has 0 saturated carbocycles. The molecule has 4 saturated heterocycles. The van der Waals surface area contributed by atoms with Gasteiger partial charge in [0.15, 0.2) is 0 Å². The van der Waals surface area contributed by atoms with Gasteiger partial charge in [-0.25, -0.2) is 0 Å². The first-order valence-corrected chi connectivity index (χ1v) is 43.9. The van der Waals surface area contributed by atoms with E-state index in [1.807, 2.05) is 55.4 Å². The highest BCUT2D eigenvalue weighted by Crippen LogP contribution is 2.62. The third kappa shape index (κ3) is 15.2. The summed E-state index contributed by atoms with van der Waals surface area (Å²) in [6.07, 6.45) is 0. The Hall–Kier alpha value is -6.36. The Morgan fingerprint density at radius 3 is 0.538 bits per heavy atom. The predicted molar refractivity (Wildman–Crippen MR) is 410 cm³/mol. The van der Waals surface area contributed by atoms with Crippen molar-refractivity contribution in [3.63, 3.8) is 0 Å². The lowest BCUT2D eigenvalue weighted by Gasteiger charge is -2.35. The molecule has 8 bridgehead atoms. The summed E-state index contributed by atoms with van der Waals surface area (Å²) in [7, 11) is 0. The summed E-state index contributed by atoms with van der Waals surface area (Å²) in [5.41, 5.74) is 1.46. The molecule has 13 rings (SSSR count). The van der Waals surface area contributed by atoms with Gasteiger partial charge in [-0.05, 0) is 123 Å². The average molecular weight is 1570 g/mol. The molecule has 0 atom stereocenters. The minimum absolute atomic E-state index is 0.00791. The van der Waals surface area contributed by atoms with E-state index in [1.165, 1.54) is 27.7 Å². The maximum Gasteiger partial charge on any atom is 0.380 e. The fraction of sp³-hybridized carbons (Fsp3) is 0.368. The Kier molecular flexibility index (Phi) is 20.4. The van der Waals surface area contributed by atoms with E-state index < -0.39 is 96.5 Å². The van der Waals surface area contributed by atoms with Crippen LogP contribution in [-0.2, 0) is 83.4 Å². The third-order valence-electron chi connectivity index (χ3n) is 19.4. The second kappa shape index (κ2) is 28.0. The number of fused-ring (bicyclic) bond motifs is 8. The van der Waals surface area contributed by atoms with Crippen molar-refractivity contribution in [3.8, 4) is 69.0 Å². The van der Waals surface area contributed by atoms with Gasteiger partial charge in [0, 0.05) is 159 Å². The van der Waals surface area contributed by atoms with Crippen molar-refractivity contribution in [1.82, 2.24) is 0 Å². The van der Waals surface area contributed by atoms with Crippen molar-refractivity contribution < 1.29 is 95.1 Å². The summed E-state index contributed by atoms with van der Waals surface area (Å²) in [4.78, 5) is 0. The molecule has 8 aromatic rings. The fourth-order valence-corrected chi connectivity index (χ4v) is 21.8. The van der Waals surface area contributed by atoms with Gasteiger partial charge in [-0.1, -0.05) is 104 Å². The van der Waals surface area contributed by atoms with Crippen LogP contribution < -0.4 is 18.1 Å². The number of phenolic OH excluding ortho intramolecular Hbond substituents is 8. The van der Waals surface area contributed by atoms with Crippen molar-refractivity contribution in [2.45, 2.75) is 107 Å². The lowest BCUT2D eigenvalue weighted by molar-refractivity contribution is 0.0405. The number of benzene rings is 8. The highest BCUT2D eigenvalue weighted by molar-refractivity contribution is 8.08. The van der Waals surface area contributed by atoms with Gasteiger partial charge in [0.2, 0.25) is 0 Å². The van der Waals surface area contributed by atoms with Gasteiger partial charge in [0.25, 0.3) is 0 Å². The molecule has 8 N–H and O–H groups in total. The quantitative estimate of drug-likeness (QED) is 0.0528. The van der Waals surface area contributed by atoms with Crippen LogP contribution in [0.25, 0.3) is 0 Å². The van der Waals surface area contributed by atoms with Gasteiger partial charge in [-0.2, -0.15) is 0 Å². The molecule has 1 aliphatic carbocycles. The molecule has 4 aliphatic heterocycles. The van der Waals surface area contributed by atoms with Crippen molar-refractivity contribution >= 4 is 74.1 Å². The number of aromatic hydroxyl groups is 8. The van der Waals surface area contributed by atoms with Gasteiger partial charge < -0.3 is 58.9 Å². The Balaban J connectivity index is 1.09. The monoisotopic (exact) mass is 1570 g/mol. The van der Waals surface area contributed by atoms with Crippen molar-refractivity contribution in [2.75, 3.05) is 52.9 Å². The summed E-state index contributed by atoms with van der Waals surface area (Å²) in [5.74, 6) is -6.89. The van der Waals surface area contributed by atoms with E-state index in [0.717, 1.165) is 0 Å². The second-order valence-corrected chi connectivity index (χ2v) is 42.3. The highest BCUT2D eigenvalue weighted by Gasteiger charge is 2.43. The van der Waals surface area contributed by atoms with Crippen LogP contribution in [0.2, 0.25) is 0 Å². The topological polar surface area (TPSA) is 273 Å². The van der Waals surface area contributed by atoms with Crippen LogP contribution in [0.5, 0.6) is 69.0 Å². The molecule has 0 amide bonds. The summed E-state index contributed by atoms with van der Waals surface area (Å²) in [5, 5.41) is 104. The van der Waals surface area contributed by atoms with Gasteiger partial charge in [-0.3, -0.25) is 36.2 Å². The van der Waals surface area contributed by atoms with Gasteiger partial charge >= 0.3 is 26.9 Å².